The summed E-state index contributed by atoms with van der Waals surface area (Å²) in [5.41, 5.74) is 0.549. The van der Waals surface area contributed by atoms with Crippen LogP contribution in [-0.2, 0) is 0 Å². The maximum absolute atomic E-state index is 14.7. The van der Waals surface area contributed by atoms with Gasteiger partial charge < -0.3 is 10.0 Å². The molecule has 9 heteroatoms. The van der Waals surface area contributed by atoms with Crippen molar-refractivity contribution in [2.75, 3.05) is 33.2 Å². The van der Waals surface area contributed by atoms with Crippen molar-refractivity contribution in [2.45, 2.75) is 6.04 Å². The van der Waals surface area contributed by atoms with E-state index in [-0.39, 0.29) is 17.7 Å². The van der Waals surface area contributed by atoms with Crippen LogP contribution in [-0.4, -0.2) is 62.7 Å². The molecular weight excluding hydrogens is 409 g/mol. The van der Waals surface area contributed by atoms with Gasteiger partial charge in [-0.25, -0.2) is 9.37 Å². The molecule has 0 saturated carbocycles. The van der Waals surface area contributed by atoms with Crippen molar-refractivity contribution < 1.29 is 9.50 Å². The van der Waals surface area contributed by atoms with E-state index in [9.17, 15) is 9.50 Å². The topological polar surface area (TPSA) is 56.9 Å². The molecule has 6 nitrogen and oxygen atoms in total. The number of hydrogen-bond donors (Lipinski definition) is 1. The highest BCUT2D eigenvalue weighted by Crippen LogP contribution is 2.41. The summed E-state index contributed by atoms with van der Waals surface area (Å²) in [7, 11) is 2.08. The summed E-state index contributed by atoms with van der Waals surface area (Å²) in [4.78, 5) is 9.87. The Labute approximate surface area is 156 Å². The fraction of sp³-hybridized carbons (Fsp3) is 0.375. The lowest BCUT2D eigenvalue weighted by molar-refractivity contribution is 0.125. The smallest absolute Gasteiger partial charge is 0.230 e. The van der Waals surface area contributed by atoms with E-state index in [4.69, 9.17) is 0 Å². The van der Waals surface area contributed by atoms with Crippen molar-refractivity contribution in [1.29, 1.82) is 0 Å². The van der Waals surface area contributed by atoms with Gasteiger partial charge in [0, 0.05) is 36.2 Å². The van der Waals surface area contributed by atoms with Crippen molar-refractivity contribution in [3.8, 4) is 5.88 Å². The van der Waals surface area contributed by atoms with Gasteiger partial charge in [-0.05, 0) is 19.2 Å². The van der Waals surface area contributed by atoms with Crippen LogP contribution in [0.1, 0.15) is 16.5 Å². The molecule has 0 unspecified atom stereocenters. The highest BCUT2D eigenvalue weighted by atomic mass is 79.9. The van der Waals surface area contributed by atoms with Gasteiger partial charge in [0.15, 0.2) is 0 Å². The zero-order chi connectivity index (χ0) is 17.6. The van der Waals surface area contributed by atoms with Gasteiger partial charge in [0.05, 0.1) is 10.9 Å². The number of rotatable bonds is 3. The predicted octanol–water partition coefficient (Wildman–Crippen LogP) is 2.73. The zero-order valence-electron chi connectivity index (χ0n) is 13.6. The van der Waals surface area contributed by atoms with Crippen LogP contribution in [0.15, 0.2) is 29.0 Å². The first kappa shape index (κ1) is 16.9. The number of nitrogens with zero attached hydrogens (tertiary/aromatic N) is 5. The molecule has 1 fully saturated rings. The van der Waals surface area contributed by atoms with E-state index in [2.05, 4.69) is 42.9 Å². The second kappa shape index (κ2) is 6.64. The molecule has 1 saturated heterocycles. The van der Waals surface area contributed by atoms with Gasteiger partial charge in [0.1, 0.15) is 12.1 Å². The van der Waals surface area contributed by atoms with E-state index < -0.39 is 0 Å². The minimum absolute atomic E-state index is 0.0312. The average Bonchev–Trinajstić information content (AvgIpc) is 3.15. The molecule has 1 aromatic carbocycles. The lowest BCUT2D eigenvalue weighted by atomic mass is 10.0. The van der Waals surface area contributed by atoms with Crippen molar-refractivity contribution in [2.24, 2.45) is 0 Å². The van der Waals surface area contributed by atoms with Gasteiger partial charge in [-0.15, -0.1) is 0 Å². The van der Waals surface area contributed by atoms with Crippen molar-refractivity contribution in [3.63, 3.8) is 0 Å². The van der Waals surface area contributed by atoms with Crippen LogP contribution in [0.3, 0.4) is 0 Å². The molecule has 132 valence electrons. The number of halogens is 2. The Balaban J connectivity index is 1.83. The first-order valence-corrected chi connectivity index (χ1v) is 9.54. The molecule has 1 aliphatic heterocycles. The van der Waals surface area contributed by atoms with Crippen LogP contribution < -0.4 is 0 Å². The second-order valence-electron chi connectivity index (χ2n) is 6.15. The van der Waals surface area contributed by atoms with E-state index in [0.717, 1.165) is 26.2 Å². The maximum atomic E-state index is 14.7. The summed E-state index contributed by atoms with van der Waals surface area (Å²) < 4.78 is 16.8. The van der Waals surface area contributed by atoms with E-state index in [1.54, 1.807) is 6.07 Å². The summed E-state index contributed by atoms with van der Waals surface area (Å²) in [6.07, 6.45) is 1.40. The fourth-order valence-corrected chi connectivity index (χ4v) is 4.59. The van der Waals surface area contributed by atoms with Crippen molar-refractivity contribution in [3.05, 3.63) is 45.3 Å². The monoisotopic (exact) mass is 425 g/mol. The van der Waals surface area contributed by atoms with Gasteiger partial charge in [-0.2, -0.15) is 9.61 Å². The molecule has 3 heterocycles. The van der Waals surface area contributed by atoms with E-state index in [1.165, 1.54) is 28.2 Å². The normalized spacial score (nSPS) is 18.0. The van der Waals surface area contributed by atoms with Crippen LogP contribution in [0.25, 0.3) is 4.96 Å². The molecule has 1 aliphatic rings. The summed E-state index contributed by atoms with van der Waals surface area (Å²) in [5, 5.41) is 14.7. The Morgan fingerprint density at radius 3 is 2.72 bits per heavy atom. The lowest BCUT2D eigenvalue weighted by Crippen LogP contribution is -2.46. The number of piperazine rings is 1. The van der Waals surface area contributed by atoms with Crippen molar-refractivity contribution in [1.82, 2.24) is 24.4 Å². The van der Waals surface area contributed by atoms with Gasteiger partial charge in [-0.3, -0.25) is 4.90 Å². The Kier molecular flexibility index (Phi) is 4.48. The molecule has 0 spiro atoms. The predicted molar refractivity (Wildman–Crippen MR) is 97.5 cm³/mol. The highest BCUT2D eigenvalue weighted by Gasteiger charge is 2.32. The summed E-state index contributed by atoms with van der Waals surface area (Å²) >= 11 is 4.66. The first-order valence-electron chi connectivity index (χ1n) is 7.93. The second-order valence-corrected chi connectivity index (χ2v) is 8.08. The molecule has 0 bridgehead atoms. The lowest BCUT2D eigenvalue weighted by Gasteiger charge is -2.37. The summed E-state index contributed by atoms with van der Waals surface area (Å²) in [6.45, 7) is 3.39. The van der Waals surface area contributed by atoms with Crippen LogP contribution in [0.4, 0.5) is 4.39 Å². The molecule has 2 aromatic heterocycles. The van der Waals surface area contributed by atoms with Gasteiger partial charge in [0.2, 0.25) is 10.8 Å². The molecule has 4 rings (SSSR count). The Morgan fingerprint density at radius 2 is 2.04 bits per heavy atom. The number of aromatic hydroxyl groups is 1. The molecule has 0 aliphatic carbocycles. The number of benzene rings is 1. The van der Waals surface area contributed by atoms with Crippen LogP contribution >= 0.6 is 27.3 Å². The van der Waals surface area contributed by atoms with Crippen LogP contribution in [0.5, 0.6) is 5.88 Å². The number of aromatic nitrogens is 3. The molecule has 3 aromatic rings. The van der Waals surface area contributed by atoms with Gasteiger partial charge >= 0.3 is 0 Å². The average molecular weight is 426 g/mol. The Morgan fingerprint density at radius 1 is 1.28 bits per heavy atom. The maximum Gasteiger partial charge on any atom is 0.230 e. The van der Waals surface area contributed by atoms with Gasteiger partial charge in [-0.1, -0.05) is 33.3 Å². The number of likely N-dealkylation sites (N-methyl/N-ethyl adjacent to an activating group) is 1. The molecular formula is C16H17BrFN5OS. The molecule has 25 heavy (non-hydrogen) atoms. The molecule has 1 N–H and O–H groups in total. The standard InChI is InChI=1S/C16H17BrFN5OS/c1-21-4-6-22(7-5-21)13(11-3-2-10(17)8-12(11)18)14-15(24)23-16(25-14)19-9-20-23/h2-3,8-9,13,24H,4-7H2,1H3/t13-/m1/s1. The largest absolute Gasteiger partial charge is 0.492 e. The number of thiazole rings is 1. The Bertz CT molecular complexity index is 905. The minimum Gasteiger partial charge on any atom is -0.492 e. The third kappa shape index (κ3) is 3.05. The van der Waals surface area contributed by atoms with Crippen molar-refractivity contribution >= 4 is 32.2 Å². The van der Waals surface area contributed by atoms with E-state index in [1.807, 2.05) is 6.07 Å². The summed E-state index contributed by atoms with van der Waals surface area (Å²) in [5.74, 6) is -0.263. The Hall–Kier alpha value is -1.55. The van der Waals surface area contributed by atoms with E-state index >= 15 is 0 Å². The third-order valence-corrected chi connectivity index (χ3v) is 6.13. The molecule has 1 atom stereocenters. The van der Waals surface area contributed by atoms with Crippen LogP contribution in [0, 0.1) is 5.82 Å². The SMILES string of the molecule is CN1CCN([C@H](c2ccc(Br)cc2F)c2sc3ncnn3c2O)CC1. The number of hydrogen-bond acceptors (Lipinski definition) is 6. The molecule has 0 radical (unpaired) electrons. The zero-order valence-corrected chi connectivity index (χ0v) is 16.0. The van der Waals surface area contributed by atoms with E-state index in [0.29, 0.717) is 19.9 Å². The van der Waals surface area contributed by atoms with Crippen LogP contribution in [0.2, 0.25) is 0 Å². The third-order valence-electron chi connectivity index (χ3n) is 4.55. The number of fused-ring (bicyclic) bond motifs is 1. The highest BCUT2D eigenvalue weighted by molar-refractivity contribution is 9.10. The molecule has 0 amide bonds. The quantitative estimate of drug-likeness (QED) is 0.698. The minimum atomic E-state index is -0.365. The first-order chi connectivity index (χ1) is 12.0. The fourth-order valence-electron chi connectivity index (χ4n) is 3.18. The van der Waals surface area contributed by atoms with Gasteiger partial charge in [0.25, 0.3) is 0 Å². The summed E-state index contributed by atoms with van der Waals surface area (Å²) in [6, 6.07) is 4.70.